The normalized spacial score (nSPS) is 11.6. The summed E-state index contributed by atoms with van der Waals surface area (Å²) in [5.41, 5.74) is 10.8. The number of fused-ring (bicyclic) bond motifs is 7. The van der Waals surface area contributed by atoms with E-state index in [1.807, 2.05) is 11.3 Å². The van der Waals surface area contributed by atoms with Gasteiger partial charge in [0, 0.05) is 32.1 Å². The van der Waals surface area contributed by atoms with Crippen LogP contribution in [0.2, 0.25) is 0 Å². The Hall–Kier alpha value is -7.00. The molecular weight excluding hydrogens is 695 g/mol. The maximum absolute atomic E-state index is 2.55. The molecule has 1 aromatic heterocycles. The van der Waals surface area contributed by atoms with E-state index in [4.69, 9.17) is 0 Å². The smallest absolute Gasteiger partial charge is 0.0640 e. The van der Waals surface area contributed by atoms with Crippen LogP contribution in [0.4, 0.5) is 17.1 Å². The van der Waals surface area contributed by atoms with Crippen molar-refractivity contribution in [3.63, 3.8) is 0 Å². The van der Waals surface area contributed by atoms with Crippen LogP contribution in [0.1, 0.15) is 0 Å². The summed E-state index contributed by atoms with van der Waals surface area (Å²) in [5, 5.41) is 9.99. The van der Waals surface area contributed by atoms with Crippen molar-refractivity contribution in [2.45, 2.75) is 0 Å². The standard InChI is InChI=1S/C54H35NS/c1-2-14-36(15-3-1)37-28-30-38(31-29-37)39-32-34-41(35-33-39)55(50-26-13-25-49-45-21-10-11-27-51(45)56-54(49)50)53-48-23-9-7-20-44(48)43-19-6-8-22-47(43)52(53)46-24-12-17-40-16-4-5-18-42(40)46/h1-35H. The van der Waals surface area contributed by atoms with Crippen molar-refractivity contribution in [3.8, 4) is 33.4 Å². The molecule has 262 valence electrons. The molecule has 0 bridgehead atoms. The first-order valence-corrected chi connectivity index (χ1v) is 20.0. The van der Waals surface area contributed by atoms with Gasteiger partial charge in [-0.25, -0.2) is 0 Å². The van der Waals surface area contributed by atoms with Crippen LogP contribution in [-0.2, 0) is 0 Å². The molecule has 0 aliphatic heterocycles. The largest absolute Gasteiger partial charge is 0.308 e. The highest BCUT2D eigenvalue weighted by molar-refractivity contribution is 7.26. The highest BCUT2D eigenvalue weighted by atomic mass is 32.1. The Morgan fingerprint density at radius 1 is 0.321 bits per heavy atom. The summed E-state index contributed by atoms with van der Waals surface area (Å²) in [6.45, 7) is 0. The Balaban J connectivity index is 1.21. The summed E-state index contributed by atoms with van der Waals surface area (Å²) in [4.78, 5) is 2.55. The first-order valence-electron chi connectivity index (χ1n) is 19.2. The van der Waals surface area contributed by atoms with E-state index in [2.05, 4.69) is 217 Å². The topological polar surface area (TPSA) is 3.24 Å². The molecule has 0 fully saturated rings. The molecule has 0 aliphatic rings. The zero-order valence-electron chi connectivity index (χ0n) is 30.6. The number of anilines is 3. The van der Waals surface area contributed by atoms with Crippen LogP contribution in [-0.4, -0.2) is 0 Å². The molecule has 0 radical (unpaired) electrons. The molecule has 0 N–H and O–H groups in total. The Morgan fingerprint density at radius 2 is 0.821 bits per heavy atom. The first kappa shape index (κ1) is 32.4. The van der Waals surface area contributed by atoms with Crippen molar-refractivity contribution in [3.05, 3.63) is 212 Å². The second-order valence-corrected chi connectivity index (χ2v) is 15.5. The fourth-order valence-corrected chi connectivity index (χ4v) is 9.86. The number of nitrogens with zero attached hydrogens (tertiary/aromatic N) is 1. The van der Waals surface area contributed by atoms with E-state index in [9.17, 15) is 0 Å². The highest BCUT2D eigenvalue weighted by Gasteiger charge is 2.26. The van der Waals surface area contributed by atoms with Gasteiger partial charge in [-0.05, 0) is 79.0 Å². The van der Waals surface area contributed by atoms with Gasteiger partial charge in [0.25, 0.3) is 0 Å². The fraction of sp³-hybridized carbons (Fsp3) is 0. The lowest BCUT2D eigenvalue weighted by molar-refractivity contribution is 1.32. The summed E-state index contributed by atoms with van der Waals surface area (Å²) < 4.78 is 2.57. The number of rotatable bonds is 6. The van der Waals surface area contributed by atoms with Crippen LogP contribution >= 0.6 is 11.3 Å². The van der Waals surface area contributed by atoms with Crippen molar-refractivity contribution in [1.29, 1.82) is 0 Å². The molecule has 0 saturated carbocycles. The van der Waals surface area contributed by atoms with Gasteiger partial charge < -0.3 is 4.90 Å². The molecule has 1 nitrogen and oxygen atoms in total. The molecule has 0 saturated heterocycles. The van der Waals surface area contributed by atoms with Crippen molar-refractivity contribution < 1.29 is 0 Å². The van der Waals surface area contributed by atoms with Crippen LogP contribution in [0, 0.1) is 0 Å². The SMILES string of the molecule is c1ccc(-c2ccc(-c3ccc(N(c4c(-c5cccc6ccccc56)c5ccccc5c5ccccc45)c4cccc5c4sc4ccccc45)cc3)cc2)cc1. The zero-order chi connectivity index (χ0) is 37.0. The molecule has 10 aromatic carbocycles. The second kappa shape index (κ2) is 13.4. The van der Waals surface area contributed by atoms with Gasteiger partial charge in [0.15, 0.2) is 0 Å². The van der Waals surface area contributed by atoms with Gasteiger partial charge in [0.1, 0.15) is 0 Å². The van der Waals surface area contributed by atoms with Crippen molar-refractivity contribution in [2.75, 3.05) is 4.90 Å². The third-order valence-corrected chi connectivity index (χ3v) is 12.5. The third-order valence-electron chi connectivity index (χ3n) is 11.3. The Labute approximate surface area is 330 Å². The molecule has 11 aromatic rings. The molecule has 2 heteroatoms. The van der Waals surface area contributed by atoms with E-state index in [1.165, 1.54) is 97.2 Å². The van der Waals surface area contributed by atoms with E-state index in [0.717, 1.165) is 5.69 Å². The van der Waals surface area contributed by atoms with Crippen molar-refractivity contribution in [2.24, 2.45) is 0 Å². The second-order valence-electron chi connectivity index (χ2n) is 14.4. The van der Waals surface area contributed by atoms with E-state index in [-0.39, 0.29) is 0 Å². The summed E-state index contributed by atoms with van der Waals surface area (Å²) in [6.07, 6.45) is 0. The van der Waals surface area contributed by atoms with Gasteiger partial charge in [0.05, 0.1) is 16.1 Å². The maximum Gasteiger partial charge on any atom is 0.0640 e. The molecule has 0 aliphatic carbocycles. The Kier molecular flexibility index (Phi) is 7.75. The average Bonchev–Trinajstić information content (AvgIpc) is 3.67. The molecule has 0 spiro atoms. The third kappa shape index (κ3) is 5.30. The van der Waals surface area contributed by atoms with Crippen molar-refractivity contribution in [1.82, 2.24) is 0 Å². The lowest BCUT2D eigenvalue weighted by Crippen LogP contribution is -2.12. The molecule has 0 unspecified atom stereocenters. The highest BCUT2D eigenvalue weighted by Crippen LogP contribution is 2.53. The number of hydrogen-bond acceptors (Lipinski definition) is 2. The van der Waals surface area contributed by atoms with Crippen LogP contribution in [0.5, 0.6) is 0 Å². The lowest BCUT2D eigenvalue weighted by Gasteiger charge is -2.31. The first-order chi connectivity index (χ1) is 27.8. The Morgan fingerprint density at radius 3 is 1.55 bits per heavy atom. The molecule has 56 heavy (non-hydrogen) atoms. The molecule has 1 heterocycles. The van der Waals surface area contributed by atoms with Crippen LogP contribution in [0.3, 0.4) is 0 Å². The molecule has 11 rings (SSSR count). The zero-order valence-corrected chi connectivity index (χ0v) is 31.4. The number of benzene rings is 10. The van der Waals surface area contributed by atoms with Gasteiger partial charge >= 0.3 is 0 Å². The molecule has 0 amide bonds. The predicted octanol–water partition coefficient (Wildman–Crippen LogP) is 16.0. The molecular formula is C54H35NS. The van der Waals surface area contributed by atoms with E-state index in [1.54, 1.807) is 0 Å². The number of hydrogen-bond donors (Lipinski definition) is 0. The minimum Gasteiger partial charge on any atom is -0.308 e. The summed E-state index contributed by atoms with van der Waals surface area (Å²) in [7, 11) is 0. The van der Waals surface area contributed by atoms with Gasteiger partial charge in [-0.3, -0.25) is 0 Å². The Bertz CT molecular complexity index is 3230. The maximum atomic E-state index is 2.55. The average molecular weight is 730 g/mol. The fourth-order valence-electron chi connectivity index (χ4n) is 8.66. The monoisotopic (exact) mass is 729 g/mol. The van der Waals surface area contributed by atoms with E-state index >= 15 is 0 Å². The van der Waals surface area contributed by atoms with Crippen LogP contribution < -0.4 is 4.90 Å². The van der Waals surface area contributed by atoms with Gasteiger partial charge in [-0.1, -0.05) is 188 Å². The molecule has 0 atom stereocenters. The van der Waals surface area contributed by atoms with Crippen LogP contribution in [0.15, 0.2) is 212 Å². The quantitative estimate of drug-likeness (QED) is 0.154. The summed E-state index contributed by atoms with van der Waals surface area (Å²) >= 11 is 1.88. The minimum absolute atomic E-state index is 1.11. The van der Waals surface area contributed by atoms with E-state index in [0.29, 0.717) is 0 Å². The van der Waals surface area contributed by atoms with E-state index < -0.39 is 0 Å². The van der Waals surface area contributed by atoms with Gasteiger partial charge in [0.2, 0.25) is 0 Å². The summed E-state index contributed by atoms with van der Waals surface area (Å²) in [6, 6.07) is 77.8. The minimum atomic E-state index is 1.11. The van der Waals surface area contributed by atoms with Crippen molar-refractivity contribution >= 4 is 80.9 Å². The summed E-state index contributed by atoms with van der Waals surface area (Å²) in [5.74, 6) is 0. The van der Waals surface area contributed by atoms with Gasteiger partial charge in [-0.15, -0.1) is 11.3 Å². The van der Waals surface area contributed by atoms with Crippen LogP contribution in [0.25, 0.3) is 85.9 Å². The van der Waals surface area contributed by atoms with Gasteiger partial charge in [-0.2, -0.15) is 0 Å². The lowest BCUT2D eigenvalue weighted by atomic mass is 9.88. The number of thiophene rings is 1. The predicted molar refractivity (Wildman–Crippen MR) is 243 cm³/mol.